The van der Waals surface area contributed by atoms with Crippen LogP contribution < -0.4 is 9.47 Å². The second kappa shape index (κ2) is 17.4. The Morgan fingerprint density at radius 3 is 2.37 bits per heavy atom. The number of allylic oxidation sites excluding steroid dienone is 1. The molecule has 4 unspecified atom stereocenters. The molecular weight excluding hydrogens is 647 g/mol. The van der Waals surface area contributed by atoms with Gasteiger partial charge in [0.25, 0.3) is 0 Å². The van der Waals surface area contributed by atoms with Crippen LogP contribution in [0.5, 0.6) is 11.5 Å². The van der Waals surface area contributed by atoms with Crippen molar-refractivity contribution in [1.82, 2.24) is 0 Å². The minimum Gasteiger partial charge on any atom is -0.497 e. The van der Waals surface area contributed by atoms with Gasteiger partial charge in [-0.1, -0.05) is 63.8 Å². The molecule has 1 heterocycles. The van der Waals surface area contributed by atoms with Crippen molar-refractivity contribution >= 4 is 26.1 Å². The normalized spacial score (nSPS) is 19.6. The second-order valence-electron chi connectivity index (χ2n) is 14.3. The highest BCUT2D eigenvalue weighted by Crippen LogP contribution is 2.36. The molecule has 49 heavy (non-hydrogen) atoms. The van der Waals surface area contributed by atoms with Crippen LogP contribution in [-0.4, -0.2) is 77.4 Å². The van der Waals surface area contributed by atoms with Crippen molar-refractivity contribution in [2.75, 3.05) is 27.6 Å². The SMILES string of the molecule is COCOc1cc(OC)cc(/C=C/CC2OC(C)(C)OC2C(/C=C\C(C)(F)C(C)C)OC(=O)c2ccccc2)c1C(=O)OCC[Si](C)(C)C. The first-order chi connectivity index (χ1) is 23.0. The molecular formula is C38H53FO9Si. The number of methoxy groups -OCH3 is 2. The molecule has 1 aliphatic rings. The highest BCUT2D eigenvalue weighted by Gasteiger charge is 2.45. The van der Waals surface area contributed by atoms with Gasteiger partial charge >= 0.3 is 11.9 Å². The van der Waals surface area contributed by atoms with E-state index >= 15 is 4.39 Å². The number of benzene rings is 2. The highest BCUT2D eigenvalue weighted by atomic mass is 28.3. The van der Waals surface area contributed by atoms with Gasteiger partial charge in [0.1, 0.15) is 34.9 Å². The summed E-state index contributed by atoms with van der Waals surface area (Å²) in [4.78, 5) is 26.7. The maximum Gasteiger partial charge on any atom is 0.342 e. The standard InChI is InChI=1S/C38H53FO9Si/c1-26(2)38(5,39)20-19-30(46-35(40)27-15-12-11-13-16-27)34-31(47-37(3,4)48-34)18-14-17-28-23-29(43-7)24-32(45-25-42-6)33(28)36(41)44-21-22-49(8,9)10/h11-17,19-20,23-24,26,30-31,34H,18,21-22,25H2,1-10H3/b17-14+,20-19-. The molecule has 1 aliphatic heterocycles. The zero-order valence-corrected chi connectivity index (χ0v) is 31.5. The third-order valence-electron chi connectivity index (χ3n) is 8.17. The van der Waals surface area contributed by atoms with Crippen LogP contribution in [0.15, 0.2) is 60.7 Å². The first-order valence-electron chi connectivity index (χ1n) is 16.6. The third-order valence-corrected chi connectivity index (χ3v) is 9.87. The van der Waals surface area contributed by atoms with E-state index in [2.05, 4.69) is 19.6 Å². The van der Waals surface area contributed by atoms with Gasteiger partial charge in [-0.05, 0) is 75.1 Å². The van der Waals surface area contributed by atoms with Crippen LogP contribution in [0.4, 0.5) is 4.39 Å². The van der Waals surface area contributed by atoms with Gasteiger partial charge < -0.3 is 33.2 Å². The Labute approximate surface area is 291 Å². The maximum atomic E-state index is 15.4. The number of alkyl halides is 1. The quantitative estimate of drug-likeness (QED) is 0.0699. The van der Waals surface area contributed by atoms with Crippen molar-refractivity contribution in [2.24, 2.45) is 5.92 Å². The largest absolute Gasteiger partial charge is 0.497 e. The average Bonchev–Trinajstić information content (AvgIpc) is 3.34. The summed E-state index contributed by atoms with van der Waals surface area (Å²) in [6.07, 6.45) is 4.52. The molecule has 0 bridgehead atoms. The molecule has 2 aromatic carbocycles. The molecule has 0 N–H and O–H groups in total. The lowest BCUT2D eigenvalue weighted by molar-refractivity contribution is -0.152. The van der Waals surface area contributed by atoms with Crippen LogP contribution in [-0.2, 0) is 23.7 Å². The topological polar surface area (TPSA) is 98.8 Å². The van der Waals surface area contributed by atoms with Crippen LogP contribution >= 0.6 is 0 Å². The van der Waals surface area contributed by atoms with E-state index in [4.69, 9.17) is 33.2 Å². The van der Waals surface area contributed by atoms with Crippen LogP contribution in [0, 0.1) is 5.92 Å². The summed E-state index contributed by atoms with van der Waals surface area (Å²) in [6, 6.07) is 12.7. The fraction of sp³-hybridized carbons (Fsp3) is 0.526. The fourth-order valence-electron chi connectivity index (χ4n) is 4.95. The number of hydrogen-bond acceptors (Lipinski definition) is 9. The fourth-order valence-corrected chi connectivity index (χ4v) is 5.66. The minimum absolute atomic E-state index is 0.0825. The Bertz CT molecular complexity index is 1450. The van der Waals surface area contributed by atoms with Crippen LogP contribution in [0.3, 0.4) is 0 Å². The molecule has 0 aliphatic carbocycles. The number of rotatable bonds is 17. The first-order valence-corrected chi connectivity index (χ1v) is 20.3. The molecule has 2 aromatic rings. The summed E-state index contributed by atoms with van der Waals surface area (Å²) in [6.45, 7) is 15.4. The average molecular weight is 701 g/mol. The monoisotopic (exact) mass is 700 g/mol. The minimum atomic E-state index is -1.66. The van der Waals surface area contributed by atoms with Crippen LogP contribution in [0.2, 0.25) is 25.7 Å². The number of hydrogen-bond donors (Lipinski definition) is 0. The predicted octanol–water partition coefficient (Wildman–Crippen LogP) is 8.26. The molecule has 270 valence electrons. The van der Waals surface area contributed by atoms with E-state index in [1.165, 1.54) is 27.2 Å². The molecule has 0 spiro atoms. The Kier molecular flexibility index (Phi) is 14.2. The maximum absolute atomic E-state index is 15.4. The second-order valence-corrected chi connectivity index (χ2v) is 19.9. The molecule has 1 saturated heterocycles. The number of ether oxygens (including phenoxy) is 7. The number of carbonyl (C=O) groups is 2. The van der Waals surface area contributed by atoms with Gasteiger partial charge in [0.2, 0.25) is 0 Å². The van der Waals surface area contributed by atoms with Gasteiger partial charge in [-0.3, -0.25) is 0 Å². The summed E-state index contributed by atoms with van der Waals surface area (Å²) in [5, 5.41) is 0. The van der Waals surface area contributed by atoms with Crippen LogP contribution in [0.25, 0.3) is 6.08 Å². The van der Waals surface area contributed by atoms with E-state index in [-0.39, 0.29) is 24.0 Å². The number of halogens is 1. The van der Waals surface area contributed by atoms with Crippen molar-refractivity contribution in [1.29, 1.82) is 0 Å². The molecule has 4 atom stereocenters. The zero-order valence-electron chi connectivity index (χ0n) is 30.5. The van der Waals surface area contributed by atoms with Gasteiger partial charge in [0.05, 0.1) is 25.4 Å². The van der Waals surface area contributed by atoms with E-state index < -0.39 is 49.8 Å². The van der Waals surface area contributed by atoms with E-state index in [9.17, 15) is 9.59 Å². The molecule has 0 aromatic heterocycles. The lowest BCUT2D eigenvalue weighted by Crippen LogP contribution is -2.38. The lowest BCUT2D eigenvalue weighted by atomic mass is 9.92. The number of esters is 2. The molecule has 0 saturated carbocycles. The molecule has 1 fully saturated rings. The van der Waals surface area contributed by atoms with Crippen molar-refractivity contribution in [2.45, 2.75) is 96.5 Å². The third kappa shape index (κ3) is 12.1. The number of carbonyl (C=O) groups excluding carboxylic acids is 2. The van der Waals surface area contributed by atoms with Crippen molar-refractivity contribution in [3.8, 4) is 11.5 Å². The molecule has 0 amide bonds. The van der Waals surface area contributed by atoms with Gasteiger partial charge in [-0.2, -0.15) is 0 Å². The van der Waals surface area contributed by atoms with Gasteiger partial charge in [0, 0.05) is 21.3 Å². The molecule has 0 radical (unpaired) electrons. The summed E-state index contributed by atoms with van der Waals surface area (Å²) in [5.74, 6) is -1.70. The van der Waals surface area contributed by atoms with E-state index in [0.717, 1.165) is 6.04 Å². The predicted molar refractivity (Wildman–Crippen MR) is 191 cm³/mol. The first kappa shape index (κ1) is 39.9. The summed E-state index contributed by atoms with van der Waals surface area (Å²) >= 11 is 0. The zero-order chi connectivity index (χ0) is 36.4. The summed E-state index contributed by atoms with van der Waals surface area (Å²) in [7, 11) is 1.57. The summed E-state index contributed by atoms with van der Waals surface area (Å²) < 4.78 is 56.0. The van der Waals surface area contributed by atoms with Gasteiger partial charge in [-0.25, -0.2) is 14.0 Å². The Morgan fingerprint density at radius 1 is 1.06 bits per heavy atom. The van der Waals surface area contributed by atoms with Crippen molar-refractivity contribution in [3.63, 3.8) is 0 Å². The van der Waals surface area contributed by atoms with E-state index in [1.807, 2.05) is 6.08 Å². The van der Waals surface area contributed by atoms with Gasteiger partial charge in [-0.15, -0.1) is 0 Å². The lowest BCUT2D eigenvalue weighted by Gasteiger charge is -2.26. The Balaban J connectivity index is 1.96. The smallest absolute Gasteiger partial charge is 0.342 e. The Hall–Kier alpha value is -3.51. The van der Waals surface area contributed by atoms with E-state index in [0.29, 0.717) is 29.9 Å². The highest BCUT2D eigenvalue weighted by molar-refractivity contribution is 6.76. The molecule has 3 rings (SSSR count). The van der Waals surface area contributed by atoms with E-state index in [1.54, 1.807) is 82.3 Å². The van der Waals surface area contributed by atoms with Crippen molar-refractivity contribution < 1.29 is 47.1 Å². The van der Waals surface area contributed by atoms with Gasteiger partial charge in [0.15, 0.2) is 12.6 Å². The van der Waals surface area contributed by atoms with Crippen molar-refractivity contribution in [3.05, 3.63) is 77.4 Å². The summed E-state index contributed by atoms with van der Waals surface area (Å²) in [5.41, 5.74) is -0.554. The molecule has 9 nitrogen and oxygen atoms in total. The Morgan fingerprint density at radius 2 is 1.76 bits per heavy atom. The van der Waals surface area contributed by atoms with Crippen LogP contribution in [0.1, 0.15) is 67.3 Å². The molecule has 11 heteroatoms.